The molecular weight excluding hydrogens is 348 g/mol. The van der Waals surface area contributed by atoms with Gasteiger partial charge in [-0.15, -0.1) is 0 Å². The molecule has 0 atom stereocenters. The standard InChI is InChI=1S/C15H14F4N2O4/c1-4-25-13(24)21-12(23)20(11(22)14(21,2)3)8-5-6-10(16)9(7-8)15(17,18)19/h5-7H,4H2,1-3H3. The number of ether oxygens (including phenoxy) is 1. The molecule has 6 nitrogen and oxygen atoms in total. The van der Waals surface area contributed by atoms with Crippen molar-refractivity contribution < 1.29 is 36.7 Å². The molecule has 1 aliphatic rings. The van der Waals surface area contributed by atoms with Crippen LogP contribution >= 0.6 is 0 Å². The van der Waals surface area contributed by atoms with E-state index in [0.717, 1.165) is 6.07 Å². The fraction of sp³-hybridized carbons (Fsp3) is 0.400. The number of carbonyl (C=O) groups excluding carboxylic acids is 3. The van der Waals surface area contributed by atoms with Crippen molar-refractivity contribution in [1.82, 2.24) is 4.90 Å². The number of carbonyl (C=O) groups is 3. The highest BCUT2D eigenvalue weighted by atomic mass is 19.4. The minimum absolute atomic E-state index is 0.0678. The molecule has 1 aromatic carbocycles. The van der Waals surface area contributed by atoms with Crippen LogP contribution in [0, 0.1) is 5.82 Å². The minimum Gasteiger partial charge on any atom is -0.449 e. The van der Waals surface area contributed by atoms with E-state index >= 15 is 0 Å². The van der Waals surface area contributed by atoms with Crippen LogP contribution in [0.1, 0.15) is 26.3 Å². The van der Waals surface area contributed by atoms with Crippen LogP contribution in [-0.4, -0.2) is 35.1 Å². The second kappa shape index (κ2) is 6.01. The number of benzene rings is 1. The van der Waals surface area contributed by atoms with Gasteiger partial charge < -0.3 is 4.74 Å². The molecule has 0 aromatic heterocycles. The van der Waals surface area contributed by atoms with Crippen molar-refractivity contribution in [1.29, 1.82) is 0 Å². The van der Waals surface area contributed by atoms with Crippen molar-refractivity contribution in [3.8, 4) is 0 Å². The quantitative estimate of drug-likeness (QED) is 0.596. The molecular formula is C15H14F4N2O4. The molecule has 1 heterocycles. The van der Waals surface area contributed by atoms with Gasteiger partial charge in [-0.2, -0.15) is 13.2 Å². The summed E-state index contributed by atoms with van der Waals surface area (Å²) < 4.78 is 56.7. The fourth-order valence-corrected chi connectivity index (χ4v) is 2.39. The van der Waals surface area contributed by atoms with E-state index in [1.165, 1.54) is 20.8 Å². The molecule has 0 N–H and O–H groups in total. The summed E-state index contributed by atoms with van der Waals surface area (Å²) in [6.07, 6.45) is -6.12. The molecule has 25 heavy (non-hydrogen) atoms. The highest BCUT2D eigenvalue weighted by Crippen LogP contribution is 2.37. The molecule has 1 aromatic rings. The van der Waals surface area contributed by atoms with E-state index in [1.807, 2.05) is 0 Å². The predicted molar refractivity (Wildman–Crippen MR) is 77.2 cm³/mol. The van der Waals surface area contributed by atoms with E-state index in [4.69, 9.17) is 4.74 Å². The topological polar surface area (TPSA) is 66.9 Å². The first-order valence-corrected chi connectivity index (χ1v) is 7.15. The van der Waals surface area contributed by atoms with Gasteiger partial charge in [0.1, 0.15) is 11.4 Å². The minimum atomic E-state index is -5.01. The fourth-order valence-electron chi connectivity index (χ4n) is 2.39. The summed E-state index contributed by atoms with van der Waals surface area (Å²) in [5.41, 5.74) is -3.79. The summed E-state index contributed by atoms with van der Waals surface area (Å²) in [6.45, 7) is 3.92. The molecule has 0 bridgehead atoms. The van der Waals surface area contributed by atoms with Gasteiger partial charge in [-0.1, -0.05) is 0 Å². The lowest BCUT2D eigenvalue weighted by Gasteiger charge is -2.24. The number of hydrogen-bond donors (Lipinski definition) is 0. The molecule has 0 saturated carbocycles. The van der Waals surface area contributed by atoms with Gasteiger partial charge in [0.05, 0.1) is 17.9 Å². The molecule has 0 spiro atoms. The lowest BCUT2D eigenvalue weighted by molar-refractivity contribution is -0.140. The number of hydrogen-bond acceptors (Lipinski definition) is 4. The van der Waals surface area contributed by atoms with E-state index in [0.29, 0.717) is 21.9 Å². The number of imide groups is 2. The van der Waals surface area contributed by atoms with Gasteiger partial charge in [0, 0.05) is 0 Å². The lowest BCUT2D eigenvalue weighted by atomic mass is 10.0. The zero-order chi connectivity index (χ0) is 19.2. The molecule has 0 unspecified atom stereocenters. The van der Waals surface area contributed by atoms with Crippen molar-refractivity contribution in [2.45, 2.75) is 32.5 Å². The Balaban J connectivity index is 2.52. The normalized spacial score (nSPS) is 17.2. The Morgan fingerprint density at radius 2 is 1.84 bits per heavy atom. The van der Waals surface area contributed by atoms with E-state index in [1.54, 1.807) is 0 Å². The largest absolute Gasteiger partial charge is 0.449 e. The monoisotopic (exact) mass is 362 g/mol. The smallest absolute Gasteiger partial charge is 0.419 e. The number of urea groups is 1. The Morgan fingerprint density at radius 1 is 1.24 bits per heavy atom. The van der Waals surface area contributed by atoms with Crippen LogP contribution < -0.4 is 4.90 Å². The molecule has 1 aliphatic heterocycles. The Bertz CT molecular complexity index is 746. The third-order valence-electron chi connectivity index (χ3n) is 3.63. The Kier molecular flexibility index (Phi) is 4.49. The van der Waals surface area contributed by atoms with Gasteiger partial charge in [-0.05, 0) is 39.0 Å². The van der Waals surface area contributed by atoms with E-state index < -0.39 is 46.8 Å². The number of halogens is 4. The molecule has 1 fully saturated rings. The Morgan fingerprint density at radius 3 is 2.36 bits per heavy atom. The van der Waals surface area contributed by atoms with Crippen molar-refractivity contribution in [2.24, 2.45) is 0 Å². The summed E-state index contributed by atoms with van der Waals surface area (Å²) in [5.74, 6) is -2.48. The summed E-state index contributed by atoms with van der Waals surface area (Å²) in [5, 5.41) is 0. The van der Waals surface area contributed by atoms with E-state index in [-0.39, 0.29) is 6.61 Å². The van der Waals surface area contributed by atoms with Gasteiger partial charge in [-0.25, -0.2) is 23.8 Å². The third kappa shape index (κ3) is 3.03. The first-order valence-electron chi connectivity index (χ1n) is 7.15. The summed E-state index contributed by atoms with van der Waals surface area (Å²) >= 11 is 0. The van der Waals surface area contributed by atoms with Gasteiger partial charge in [0.25, 0.3) is 5.91 Å². The van der Waals surface area contributed by atoms with Crippen molar-refractivity contribution >= 4 is 23.7 Å². The molecule has 136 valence electrons. The van der Waals surface area contributed by atoms with Gasteiger partial charge in [-0.3, -0.25) is 4.79 Å². The van der Waals surface area contributed by atoms with E-state index in [2.05, 4.69) is 0 Å². The van der Waals surface area contributed by atoms with Crippen LogP contribution in [0.4, 0.5) is 32.8 Å². The summed E-state index contributed by atoms with van der Waals surface area (Å²) in [4.78, 5) is 37.8. The zero-order valence-electron chi connectivity index (χ0n) is 13.5. The number of alkyl halides is 3. The predicted octanol–water partition coefficient (Wildman–Crippen LogP) is 3.55. The Hall–Kier alpha value is -2.65. The highest BCUT2D eigenvalue weighted by Gasteiger charge is 2.56. The van der Waals surface area contributed by atoms with Gasteiger partial charge >= 0.3 is 18.3 Å². The first-order chi connectivity index (χ1) is 11.4. The number of anilines is 1. The van der Waals surface area contributed by atoms with E-state index in [9.17, 15) is 31.9 Å². The highest BCUT2D eigenvalue weighted by molar-refractivity contribution is 6.26. The second-order valence-electron chi connectivity index (χ2n) is 5.68. The van der Waals surface area contributed by atoms with Gasteiger partial charge in [0.15, 0.2) is 0 Å². The number of amides is 4. The molecule has 0 aliphatic carbocycles. The van der Waals surface area contributed by atoms with Crippen molar-refractivity contribution in [3.63, 3.8) is 0 Å². The van der Waals surface area contributed by atoms with Crippen LogP contribution in [0.5, 0.6) is 0 Å². The molecule has 2 rings (SSSR count). The maximum Gasteiger partial charge on any atom is 0.419 e. The van der Waals surface area contributed by atoms with Crippen LogP contribution in [-0.2, 0) is 15.7 Å². The van der Waals surface area contributed by atoms with Crippen LogP contribution in [0.2, 0.25) is 0 Å². The van der Waals surface area contributed by atoms with Crippen molar-refractivity contribution in [3.05, 3.63) is 29.6 Å². The molecule has 1 saturated heterocycles. The van der Waals surface area contributed by atoms with Crippen LogP contribution in [0.15, 0.2) is 18.2 Å². The Labute approximate surface area is 139 Å². The zero-order valence-corrected chi connectivity index (χ0v) is 13.5. The molecule has 4 amide bonds. The van der Waals surface area contributed by atoms with Crippen molar-refractivity contribution in [2.75, 3.05) is 11.5 Å². The maximum absolute atomic E-state index is 13.4. The van der Waals surface area contributed by atoms with Gasteiger partial charge in [0.2, 0.25) is 0 Å². The SMILES string of the molecule is CCOC(=O)N1C(=O)N(c2ccc(F)c(C(F)(F)F)c2)C(=O)C1(C)C. The summed E-state index contributed by atoms with van der Waals surface area (Å²) in [7, 11) is 0. The third-order valence-corrected chi connectivity index (χ3v) is 3.63. The lowest BCUT2D eigenvalue weighted by Crippen LogP contribution is -2.47. The first kappa shape index (κ1) is 18.7. The second-order valence-corrected chi connectivity index (χ2v) is 5.68. The average molecular weight is 362 g/mol. The maximum atomic E-state index is 13.4. The number of rotatable bonds is 2. The van der Waals surface area contributed by atoms with Crippen LogP contribution in [0.25, 0.3) is 0 Å². The molecule has 10 heteroatoms. The average Bonchev–Trinajstić information content (AvgIpc) is 2.65. The number of nitrogens with zero attached hydrogens (tertiary/aromatic N) is 2. The summed E-state index contributed by atoms with van der Waals surface area (Å²) in [6, 6.07) is 0.521. The molecule has 0 radical (unpaired) electrons. The van der Waals surface area contributed by atoms with Crippen LogP contribution in [0.3, 0.4) is 0 Å².